The van der Waals surface area contributed by atoms with E-state index in [2.05, 4.69) is 9.72 Å². The Morgan fingerprint density at radius 3 is 2.33 bits per heavy atom. The second-order valence-corrected chi connectivity index (χ2v) is 10.4. The maximum atomic E-state index is 14.0. The maximum Gasteiger partial charge on any atom is 0.573 e. The van der Waals surface area contributed by atoms with Gasteiger partial charge in [0.15, 0.2) is 5.13 Å². The number of anilines is 2. The first-order chi connectivity index (χ1) is 19.1. The molecule has 2 saturated heterocycles. The number of fused-ring (bicyclic) bond motifs is 1. The van der Waals surface area contributed by atoms with Crippen molar-refractivity contribution in [1.82, 2.24) is 9.88 Å². The largest absolute Gasteiger partial charge is 0.573 e. The van der Waals surface area contributed by atoms with Crippen LogP contribution in [0.2, 0.25) is 0 Å². The maximum absolute atomic E-state index is 14.0. The molecule has 0 N–H and O–H groups in total. The number of nitrogens with zero attached hydrogens (tertiary/aromatic N) is 5. The Hall–Kier alpha value is -3.70. The Kier molecular flexibility index (Phi) is 7.95. The molecule has 0 radical (unpaired) electrons. The Balaban J connectivity index is 1.07. The molecule has 3 aromatic rings. The molecule has 0 bridgehead atoms. The van der Waals surface area contributed by atoms with Gasteiger partial charge in [0.25, 0.3) is 0 Å². The minimum absolute atomic E-state index is 0.0755. The number of rotatable bonds is 6. The average molecular weight is 582 g/mol. The van der Waals surface area contributed by atoms with Gasteiger partial charge < -0.3 is 24.2 Å². The third kappa shape index (κ3) is 6.37. The predicted molar refractivity (Wildman–Crippen MR) is 137 cm³/mol. The standard InChI is InChI=1S/C26H24F5N5O3S/c27-20-11-16(12-21(28)19(20)14-32)34-5-3-17(4-6-34)38-15-24(37)35-7-9-36(10-8-35)25-33-22-13-18(39-26(29,30)31)1-2-23(22)40-25/h1-2,11-13,17H,3-10,15H2. The number of carbonyl (C=O) groups excluding carboxylic acids is 1. The lowest BCUT2D eigenvalue weighted by atomic mass is 10.1. The fourth-order valence-electron chi connectivity index (χ4n) is 4.78. The van der Waals surface area contributed by atoms with Crippen molar-refractivity contribution in [3.63, 3.8) is 0 Å². The Labute approximate surface area is 230 Å². The van der Waals surface area contributed by atoms with Crippen molar-refractivity contribution in [3.8, 4) is 11.8 Å². The summed E-state index contributed by atoms with van der Waals surface area (Å²) in [6, 6.07) is 7.87. The number of halogens is 5. The van der Waals surface area contributed by atoms with Crippen molar-refractivity contribution >= 4 is 38.3 Å². The highest BCUT2D eigenvalue weighted by Gasteiger charge is 2.31. The molecular weight excluding hydrogens is 557 g/mol. The lowest BCUT2D eigenvalue weighted by molar-refractivity contribution is -0.274. The Morgan fingerprint density at radius 1 is 1.02 bits per heavy atom. The van der Waals surface area contributed by atoms with Crippen LogP contribution in [-0.4, -0.2) is 74.1 Å². The first-order valence-electron chi connectivity index (χ1n) is 12.5. The first-order valence-corrected chi connectivity index (χ1v) is 13.4. The summed E-state index contributed by atoms with van der Waals surface area (Å²) in [5.41, 5.74) is 0.175. The molecule has 40 heavy (non-hydrogen) atoms. The highest BCUT2D eigenvalue weighted by atomic mass is 32.1. The number of hydrogen-bond acceptors (Lipinski definition) is 8. The van der Waals surface area contributed by atoms with Crippen LogP contribution < -0.4 is 14.5 Å². The number of alkyl halides is 3. The highest BCUT2D eigenvalue weighted by Crippen LogP contribution is 2.33. The number of ether oxygens (including phenoxy) is 2. The van der Waals surface area contributed by atoms with Gasteiger partial charge in [-0.2, -0.15) is 5.26 Å². The van der Waals surface area contributed by atoms with Crippen LogP contribution in [0.5, 0.6) is 5.75 Å². The highest BCUT2D eigenvalue weighted by molar-refractivity contribution is 7.22. The molecule has 0 spiro atoms. The van der Waals surface area contributed by atoms with Crippen LogP contribution in [0, 0.1) is 23.0 Å². The zero-order valence-electron chi connectivity index (χ0n) is 21.1. The van der Waals surface area contributed by atoms with Gasteiger partial charge >= 0.3 is 6.36 Å². The van der Waals surface area contributed by atoms with Gasteiger partial charge in [0.1, 0.15) is 35.6 Å². The van der Waals surface area contributed by atoms with E-state index in [1.165, 1.54) is 29.5 Å². The summed E-state index contributed by atoms with van der Waals surface area (Å²) in [6.07, 6.45) is -3.78. The van der Waals surface area contributed by atoms with E-state index >= 15 is 0 Å². The van der Waals surface area contributed by atoms with Crippen LogP contribution in [0.4, 0.5) is 32.8 Å². The van der Waals surface area contributed by atoms with Gasteiger partial charge in [0, 0.05) is 51.0 Å². The summed E-state index contributed by atoms with van der Waals surface area (Å²) in [5, 5.41) is 9.50. The molecule has 0 atom stereocenters. The molecule has 3 heterocycles. The van der Waals surface area contributed by atoms with Crippen molar-refractivity contribution in [1.29, 1.82) is 5.26 Å². The van der Waals surface area contributed by atoms with Crippen molar-refractivity contribution in [2.24, 2.45) is 0 Å². The minimum Gasteiger partial charge on any atom is -0.406 e. The van der Waals surface area contributed by atoms with Crippen molar-refractivity contribution in [2.75, 3.05) is 55.7 Å². The number of amides is 1. The number of carbonyl (C=O) groups is 1. The number of hydrogen-bond donors (Lipinski definition) is 0. The van der Waals surface area contributed by atoms with Gasteiger partial charge in [0.05, 0.1) is 16.3 Å². The molecule has 2 aliphatic heterocycles. The SMILES string of the molecule is N#Cc1c(F)cc(N2CCC(OCC(=O)N3CCN(c4nc5cc(OC(F)(F)F)ccc5s4)CC3)CC2)cc1F. The molecule has 5 rings (SSSR count). The lowest BCUT2D eigenvalue weighted by Gasteiger charge is -2.36. The van der Waals surface area contributed by atoms with Crippen LogP contribution in [0.3, 0.4) is 0 Å². The fraction of sp³-hybridized carbons (Fsp3) is 0.423. The van der Waals surface area contributed by atoms with E-state index < -0.39 is 23.6 Å². The van der Waals surface area contributed by atoms with Crippen LogP contribution in [-0.2, 0) is 9.53 Å². The molecule has 8 nitrogen and oxygen atoms in total. The topological polar surface area (TPSA) is 81.9 Å². The minimum atomic E-state index is -4.77. The first kappa shape index (κ1) is 27.9. The van der Waals surface area contributed by atoms with Gasteiger partial charge in [-0.15, -0.1) is 13.2 Å². The van der Waals surface area contributed by atoms with Crippen LogP contribution >= 0.6 is 11.3 Å². The molecule has 2 aliphatic rings. The molecule has 2 fully saturated rings. The van der Waals surface area contributed by atoms with E-state index in [-0.39, 0.29) is 24.4 Å². The quantitative estimate of drug-likeness (QED) is 0.391. The van der Waals surface area contributed by atoms with Gasteiger partial charge in [-0.05, 0) is 37.1 Å². The molecule has 1 aromatic heterocycles. The number of piperazine rings is 1. The van der Waals surface area contributed by atoms with Gasteiger partial charge in [-0.3, -0.25) is 4.79 Å². The van der Waals surface area contributed by atoms with Gasteiger partial charge in [0.2, 0.25) is 5.91 Å². The van der Waals surface area contributed by atoms with Gasteiger partial charge in [-0.1, -0.05) is 11.3 Å². The summed E-state index contributed by atoms with van der Waals surface area (Å²) >= 11 is 1.36. The molecule has 0 unspecified atom stereocenters. The summed E-state index contributed by atoms with van der Waals surface area (Å²) in [4.78, 5) is 22.7. The van der Waals surface area contributed by atoms with Crippen molar-refractivity contribution in [3.05, 3.63) is 47.5 Å². The van der Waals surface area contributed by atoms with E-state index in [1.807, 2.05) is 9.80 Å². The predicted octanol–water partition coefficient (Wildman–Crippen LogP) is 4.68. The van der Waals surface area contributed by atoms with E-state index in [0.717, 1.165) is 16.8 Å². The summed E-state index contributed by atoms with van der Waals surface area (Å²) in [5.74, 6) is -2.25. The Bertz CT molecular complexity index is 1400. The third-order valence-corrected chi connectivity index (χ3v) is 7.97. The molecule has 0 saturated carbocycles. The van der Waals surface area contributed by atoms with E-state index in [0.29, 0.717) is 68.4 Å². The number of nitriles is 1. The molecule has 2 aromatic carbocycles. The second-order valence-electron chi connectivity index (χ2n) is 9.44. The summed E-state index contributed by atoms with van der Waals surface area (Å²) < 4.78 is 76.0. The van der Waals surface area contributed by atoms with E-state index in [4.69, 9.17) is 10.00 Å². The van der Waals surface area contributed by atoms with Crippen LogP contribution in [0.25, 0.3) is 10.2 Å². The number of aromatic nitrogens is 1. The number of piperidine rings is 1. The third-order valence-electron chi connectivity index (χ3n) is 6.87. The van der Waals surface area contributed by atoms with Gasteiger partial charge in [-0.25, -0.2) is 13.8 Å². The van der Waals surface area contributed by atoms with Crippen molar-refractivity contribution < 1.29 is 36.2 Å². The van der Waals surface area contributed by atoms with Crippen LogP contribution in [0.15, 0.2) is 30.3 Å². The molecule has 212 valence electrons. The average Bonchev–Trinajstić information content (AvgIpc) is 3.34. The lowest BCUT2D eigenvalue weighted by Crippen LogP contribution is -2.50. The molecule has 14 heteroatoms. The second kappa shape index (κ2) is 11.4. The van der Waals surface area contributed by atoms with E-state index in [1.54, 1.807) is 11.0 Å². The van der Waals surface area contributed by atoms with Crippen molar-refractivity contribution in [2.45, 2.75) is 25.3 Å². The van der Waals surface area contributed by atoms with Crippen LogP contribution in [0.1, 0.15) is 18.4 Å². The Morgan fingerprint density at radius 2 is 1.70 bits per heavy atom. The normalized spacial score (nSPS) is 16.9. The zero-order chi connectivity index (χ0) is 28.4. The number of benzene rings is 2. The number of thiazole rings is 1. The van der Waals surface area contributed by atoms with E-state index in [9.17, 15) is 26.7 Å². The smallest absolute Gasteiger partial charge is 0.406 e. The zero-order valence-corrected chi connectivity index (χ0v) is 21.9. The molecule has 1 amide bonds. The molecule has 0 aliphatic carbocycles. The molecular formula is C26H24F5N5O3S. The summed E-state index contributed by atoms with van der Waals surface area (Å²) in [7, 11) is 0. The summed E-state index contributed by atoms with van der Waals surface area (Å²) in [6.45, 7) is 2.86. The monoisotopic (exact) mass is 581 g/mol. The fourth-order valence-corrected chi connectivity index (χ4v) is 5.78.